The molecule has 1 N–H and O–H groups in total. The van der Waals surface area contributed by atoms with Crippen molar-refractivity contribution in [3.63, 3.8) is 0 Å². The van der Waals surface area contributed by atoms with Crippen molar-refractivity contribution in [2.75, 3.05) is 20.4 Å². The van der Waals surface area contributed by atoms with Gasteiger partial charge in [0.2, 0.25) is 12.0 Å². The summed E-state index contributed by atoms with van der Waals surface area (Å²) in [4.78, 5) is 32.2. The molecule has 2 aliphatic heterocycles. The second kappa shape index (κ2) is 10.4. The van der Waals surface area contributed by atoms with Crippen LogP contribution in [0.5, 0.6) is 5.75 Å². The van der Waals surface area contributed by atoms with Crippen molar-refractivity contribution in [1.29, 1.82) is 0 Å². The Morgan fingerprint density at radius 1 is 1.27 bits per heavy atom. The molecular formula is C27H25N3O6S. The largest absolute Gasteiger partial charge is 0.489 e. The number of ether oxygens (including phenoxy) is 4. The molecule has 1 aromatic heterocycles. The number of hydrogen-bond donors (Lipinski definition) is 2. The molecule has 2 aliphatic rings. The Kier molecular flexibility index (Phi) is 7.04. The van der Waals surface area contributed by atoms with Crippen LogP contribution in [-0.4, -0.2) is 54.2 Å². The van der Waals surface area contributed by atoms with Crippen LogP contribution < -0.4 is 10.1 Å². The molecule has 1 fully saturated rings. The average molecular weight is 520 g/mol. The zero-order valence-electron chi connectivity index (χ0n) is 20.3. The third-order valence-corrected chi connectivity index (χ3v) is 6.43. The highest BCUT2D eigenvalue weighted by atomic mass is 32.1. The standard InChI is InChI=1S/C27H25N3O6S/c1-17-11-19(21-5-3-4-6-23(21)28-17)14-34-20-8-7-18-13-30(24(31)22(18)12-20)15-27(9-10-37,25(32)33-2)29-26-35-16-36-26/h3-8,11-12,26,29,37H,13-16H2,1-2H3/t27-/m1/s1. The number of benzene rings is 2. The molecule has 1 amide bonds. The lowest BCUT2D eigenvalue weighted by molar-refractivity contribution is -0.337. The van der Waals surface area contributed by atoms with Crippen LogP contribution in [0.1, 0.15) is 27.2 Å². The Labute approximate surface area is 219 Å². The summed E-state index contributed by atoms with van der Waals surface area (Å²) in [5.74, 6) is 2.37. The molecule has 0 aliphatic carbocycles. The number of para-hydroxylation sites is 1. The number of fused-ring (bicyclic) bond motifs is 2. The summed E-state index contributed by atoms with van der Waals surface area (Å²) in [6.45, 7) is 2.57. The van der Waals surface area contributed by atoms with Crippen molar-refractivity contribution in [3.05, 3.63) is 70.9 Å². The van der Waals surface area contributed by atoms with Gasteiger partial charge in [0.1, 0.15) is 12.4 Å². The van der Waals surface area contributed by atoms with E-state index in [2.05, 4.69) is 34.1 Å². The number of methoxy groups -OCH3 is 1. The summed E-state index contributed by atoms with van der Waals surface area (Å²) in [6, 6.07) is 15.3. The first-order valence-corrected chi connectivity index (χ1v) is 12.0. The van der Waals surface area contributed by atoms with Crippen LogP contribution in [0.3, 0.4) is 0 Å². The minimum Gasteiger partial charge on any atom is -0.489 e. The number of carbonyl (C=O) groups excluding carboxylic acids is 2. The molecule has 1 atom stereocenters. The van der Waals surface area contributed by atoms with Crippen molar-refractivity contribution in [2.24, 2.45) is 0 Å². The summed E-state index contributed by atoms with van der Waals surface area (Å²) in [5, 5.41) is 6.37. The van der Waals surface area contributed by atoms with Gasteiger partial charge in [-0.15, -0.1) is 0 Å². The number of nitrogens with zero attached hydrogens (tertiary/aromatic N) is 2. The van der Waals surface area contributed by atoms with E-state index in [0.29, 0.717) is 24.5 Å². The Hall–Kier alpha value is -3.62. The van der Waals surface area contributed by atoms with Crippen LogP contribution in [0.15, 0.2) is 48.5 Å². The van der Waals surface area contributed by atoms with E-state index in [1.165, 1.54) is 12.0 Å². The molecule has 0 unspecified atom stereocenters. The van der Waals surface area contributed by atoms with E-state index in [1.807, 2.05) is 49.4 Å². The van der Waals surface area contributed by atoms with Crippen LogP contribution >= 0.6 is 12.6 Å². The first-order valence-electron chi connectivity index (χ1n) is 11.6. The lowest BCUT2D eigenvalue weighted by atomic mass is 10.00. The second-order valence-electron chi connectivity index (χ2n) is 8.77. The van der Waals surface area contributed by atoms with Gasteiger partial charge in [0.15, 0.2) is 6.79 Å². The quantitative estimate of drug-likeness (QED) is 0.266. The highest BCUT2D eigenvalue weighted by Gasteiger charge is 2.46. The first-order chi connectivity index (χ1) is 17.9. The van der Waals surface area contributed by atoms with Gasteiger partial charge in [-0.1, -0.05) is 42.8 Å². The highest BCUT2D eigenvalue weighted by Crippen LogP contribution is 2.30. The lowest BCUT2D eigenvalue weighted by Gasteiger charge is -2.37. The third kappa shape index (κ3) is 4.99. The molecule has 0 spiro atoms. The SMILES string of the molecule is COC(=O)[C@@](C#CS)(CN1Cc2ccc(OCc3cc(C)nc4ccccc34)cc2C1=O)NC1OCO1. The van der Waals surface area contributed by atoms with Crippen LogP contribution in [0.4, 0.5) is 0 Å². The van der Waals surface area contributed by atoms with Crippen molar-refractivity contribution in [2.45, 2.75) is 32.0 Å². The van der Waals surface area contributed by atoms with Crippen LogP contribution in [-0.2, 0) is 32.2 Å². The Morgan fingerprint density at radius 3 is 2.81 bits per heavy atom. The molecule has 9 nitrogen and oxygen atoms in total. The van der Waals surface area contributed by atoms with Crippen molar-refractivity contribution in [3.8, 4) is 16.9 Å². The maximum Gasteiger partial charge on any atom is 0.340 e. The number of esters is 1. The molecule has 1 saturated heterocycles. The van der Waals surface area contributed by atoms with E-state index < -0.39 is 17.9 Å². The number of aromatic nitrogens is 1. The second-order valence-corrected chi connectivity index (χ2v) is 8.99. The van der Waals surface area contributed by atoms with Gasteiger partial charge in [0.25, 0.3) is 5.91 Å². The van der Waals surface area contributed by atoms with Gasteiger partial charge in [-0.2, -0.15) is 0 Å². The van der Waals surface area contributed by atoms with Crippen LogP contribution in [0, 0.1) is 18.1 Å². The number of rotatable bonds is 8. The maximum absolute atomic E-state index is 13.4. The van der Waals surface area contributed by atoms with Gasteiger partial charge < -0.3 is 23.8 Å². The van der Waals surface area contributed by atoms with Crippen molar-refractivity contribution in [1.82, 2.24) is 15.2 Å². The molecule has 10 heteroatoms. The molecular weight excluding hydrogens is 494 g/mol. The monoisotopic (exact) mass is 519 g/mol. The molecule has 5 rings (SSSR count). The van der Waals surface area contributed by atoms with Crippen LogP contribution in [0.25, 0.3) is 10.9 Å². The molecule has 37 heavy (non-hydrogen) atoms. The summed E-state index contributed by atoms with van der Waals surface area (Å²) < 4.78 is 21.5. The topological polar surface area (TPSA) is 99.2 Å². The average Bonchev–Trinajstić information content (AvgIpc) is 3.18. The smallest absolute Gasteiger partial charge is 0.340 e. The number of aryl methyl sites for hydroxylation is 1. The van der Waals surface area contributed by atoms with Gasteiger partial charge in [0, 0.05) is 28.8 Å². The van der Waals surface area contributed by atoms with E-state index in [9.17, 15) is 9.59 Å². The molecule has 0 radical (unpaired) electrons. The first kappa shape index (κ1) is 25.0. The minimum atomic E-state index is -1.58. The molecule has 190 valence electrons. The molecule has 3 aromatic rings. The van der Waals surface area contributed by atoms with Crippen LogP contribution in [0.2, 0.25) is 0 Å². The fraction of sp³-hybridized carbons (Fsp3) is 0.296. The Morgan fingerprint density at radius 2 is 2.08 bits per heavy atom. The van der Waals surface area contributed by atoms with E-state index in [4.69, 9.17) is 18.9 Å². The van der Waals surface area contributed by atoms with Gasteiger partial charge in [-0.25, -0.2) is 10.1 Å². The molecule has 3 heterocycles. The van der Waals surface area contributed by atoms with Crippen molar-refractivity contribution >= 4 is 35.4 Å². The predicted octanol–water partition coefficient (Wildman–Crippen LogP) is 2.76. The Balaban J connectivity index is 1.34. The summed E-state index contributed by atoms with van der Waals surface area (Å²) in [7, 11) is 1.25. The van der Waals surface area contributed by atoms with Crippen molar-refractivity contribution < 1.29 is 28.5 Å². The van der Waals surface area contributed by atoms with Gasteiger partial charge in [-0.3, -0.25) is 9.78 Å². The lowest BCUT2D eigenvalue weighted by Crippen LogP contribution is -2.64. The number of thiol groups is 1. The Bertz CT molecular complexity index is 1430. The van der Waals surface area contributed by atoms with Gasteiger partial charge in [0.05, 0.1) is 19.2 Å². The summed E-state index contributed by atoms with van der Waals surface area (Å²) >= 11 is 3.97. The molecule has 0 bridgehead atoms. The molecule has 2 aromatic carbocycles. The number of nitrogens with one attached hydrogen (secondary N) is 1. The fourth-order valence-corrected chi connectivity index (χ4v) is 4.70. The number of hydrogen-bond acceptors (Lipinski definition) is 9. The van der Waals surface area contributed by atoms with E-state index >= 15 is 0 Å². The van der Waals surface area contributed by atoms with Gasteiger partial charge >= 0.3 is 5.97 Å². The number of pyridine rings is 1. The van der Waals surface area contributed by atoms with E-state index in [-0.39, 0.29) is 19.2 Å². The number of amides is 1. The summed E-state index contributed by atoms with van der Waals surface area (Å²) in [5.41, 5.74) is 2.56. The third-order valence-electron chi connectivity index (χ3n) is 6.32. The fourth-order valence-electron chi connectivity index (χ4n) is 4.51. The molecule has 0 saturated carbocycles. The van der Waals surface area contributed by atoms with Gasteiger partial charge in [-0.05, 0) is 42.0 Å². The zero-order valence-corrected chi connectivity index (χ0v) is 21.2. The van der Waals surface area contributed by atoms with E-state index in [0.717, 1.165) is 27.7 Å². The maximum atomic E-state index is 13.4. The highest BCUT2D eigenvalue weighted by molar-refractivity contribution is 7.85. The predicted molar refractivity (Wildman–Crippen MR) is 137 cm³/mol. The minimum absolute atomic E-state index is 0.0922. The normalized spacial score (nSPS) is 16.4. The van der Waals surface area contributed by atoms with E-state index in [1.54, 1.807) is 6.07 Å². The zero-order chi connectivity index (χ0) is 26.0. The number of carbonyl (C=O) groups is 2. The summed E-state index contributed by atoms with van der Waals surface area (Å²) in [6.07, 6.45) is -0.846.